The van der Waals surface area contributed by atoms with Crippen molar-refractivity contribution in [3.8, 4) is 0 Å². The highest BCUT2D eigenvalue weighted by Crippen LogP contribution is 2.55. The van der Waals surface area contributed by atoms with Gasteiger partial charge in [-0.3, -0.25) is 4.79 Å². The zero-order valence-corrected chi connectivity index (χ0v) is 13.0. The maximum absolute atomic E-state index is 13.0. The van der Waals surface area contributed by atoms with Crippen molar-refractivity contribution in [2.24, 2.45) is 0 Å². The van der Waals surface area contributed by atoms with Gasteiger partial charge in [-0.25, -0.2) is 0 Å². The van der Waals surface area contributed by atoms with Crippen molar-refractivity contribution < 1.29 is 4.79 Å². The van der Waals surface area contributed by atoms with E-state index in [0.29, 0.717) is 5.78 Å². The summed E-state index contributed by atoms with van der Waals surface area (Å²) in [5, 5.41) is 4.88. The molecular weight excluding hydrogens is 292 g/mol. The van der Waals surface area contributed by atoms with Gasteiger partial charge >= 0.3 is 0 Å². The fourth-order valence-electron chi connectivity index (χ4n) is 4.67. The van der Waals surface area contributed by atoms with E-state index in [9.17, 15) is 4.79 Å². The molecular formula is C23H14O. The van der Waals surface area contributed by atoms with Crippen LogP contribution in [0.5, 0.6) is 0 Å². The molecule has 0 saturated heterocycles. The smallest absolute Gasteiger partial charge is 0.156 e. The zero-order chi connectivity index (χ0) is 15.8. The number of carbonyl (C=O) groups excluding carboxylic acids is 1. The van der Waals surface area contributed by atoms with Crippen LogP contribution >= 0.6 is 0 Å². The highest BCUT2D eigenvalue weighted by Gasteiger charge is 2.48. The summed E-state index contributed by atoms with van der Waals surface area (Å²) in [5.74, 6) is 0.203. The van der Waals surface area contributed by atoms with Crippen LogP contribution < -0.4 is 0 Å². The molecule has 4 aromatic rings. The van der Waals surface area contributed by atoms with Crippen LogP contribution in [0.4, 0.5) is 0 Å². The third kappa shape index (κ3) is 1.38. The topological polar surface area (TPSA) is 17.1 Å². The van der Waals surface area contributed by atoms with Crippen LogP contribution in [-0.2, 0) is 4.79 Å². The molecule has 2 aliphatic rings. The number of ketones is 1. The Hall–Kier alpha value is -2.93. The van der Waals surface area contributed by atoms with E-state index in [1.54, 1.807) is 0 Å². The largest absolute Gasteiger partial charge is 0.298 e. The predicted molar refractivity (Wildman–Crippen MR) is 96.6 cm³/mol. The molecule has 1 nitrogen and oxygen atoms in total. The Morgan fingerprint density at radius 1 is 0.500 bits per heavy atom. The highest BCUT2D eigenvalue weighted by atomic mass is 16.1. The van der Waals surface area contributed by atoms with Crippen molar-refractivity contribution in [1.82, 2.24) is 0 Å². The highest BCUT2D eigenvalue weighted by molar-refractivity contribution is 6.09. The molecule has 0 N–H and O–H groups in total. The normalized spacial score (nSPS) is 20.6. The van der Waals surface area contributed by atoms with Gasteiger partial charge in [0.25, 0.3) is 0 Å². The number of fused-ring (bicyclic) bond motifs is 10. The van der Waals surface area contributed by atoms with Crippen LogP contribution in [0.15, 0.2) is 72.8 Å². The molecule has 0 fully saturated rings. The lowest BCUT2D eigenvalue weighted by atomic mass is 9.83. The van der Waals surface area contributed by atoms with Crippen LogP contribution in [0, 0.1) is 0 Å². The van der Waals surface area contributed by atoms with Gasteiger partial charge in [0.2, 0.25) is 0 Å². The van der Waals surface area contributed by atoms with Gasteiger partial charge in [-0.15, -0.1) is 0 Å². The van der Waals surface area contributed by atoms with E-state index in [1.165, 1.54) is 43.8 Å². The molecule has 2 bridgehead atoms. The van der Waals surface area contributed by atoms with Gasteiger partial charge in [0.15, 0.2) is 5.78 Å². The SMILES string of the molecule is O=C1C2c3cc4ccccc4cc3C1c1cc3ccccc3cc12. The third-order valence-electron chi connectivity index (χ3n) is 5.72. The van der Waals surface area contributed by atoms with E-state index >= 15 is 0 Å². The predicted octanol–water partition coefficient (Wildman–Crippen LogP) is 5.15. The van der Waals surface area contributed by atoms with E-state index in [4.69, 9.17) is 0 Å². The summed E-state index contributed by atoms with van der Waals surface area (Å²) >= 11 is 0. The van der Waals surface area contributed by atoms with Gasteiger partial charge in [-0.05, 0) is 68.1 Å². The first-order chi connectivity index (χ1) is 11.8. The van der Waals surface area contributed by atoms with E-state index in [2.05, 4.69) is 72.8 Å². The quantitative estimate of drug-likeness (QED) is 0.439. The first-order valence-electron chi connectivity index (χ1n) is 8.40. The van der Waals surface area contributed by atoms with Crippen molar-refractivity contribution >= 4 is 27.3 Å². The maximum Gasteiger partial charge on any atom is 0.156 e. The van der Waals surface area contributed by atoms with E-state index in [0.717, 1.165) is 0 Å². The van der Waals surface area contributed by atoms with Crippen molar-refractivity contribution in [1.29, 1.82) is 0 Å². The minimum atomic E-state index is -0.0748. The number of hydrogen-bond acceptors (Lipinski definition) is 1. The molecule has 0 atom stereocenters. The van der Waals surface area contributed by atoms with Crippen LogP contribution in [0.3, 0.4) is 0 Å². The molecule has 0 spiro atoms. The minimum Gasteiger partial charge on any atom is -0.298 e. The second-order valence-corrected chi connectivity index (χ2v) is 6.92. The summed E-state index contributed by atoms with van der Waals surface area (Å²) in [6.07, 6.45) is 0. The number of carbonyl (C=O) groups is 1. The van der Waals surface area contributed by atoms with Gasteiger partial charge in [0.05, 0.1) is 11.8 Å². The second kappa shape index (κ2) is 4.12. The molecule has 1 heteroatoms. The molecule has 6 rings (SSSR count). The van der Waals surface area contributed by atoms with Crippen molar-refractivity contribution in [2.75, 3.05) is 0 Å². The summed E-state index contributed by atoms with van der Waals surface area (Å²) in [6, 6.07) is 25.7. The Bertz CT molecular complexity index is 1010. The van der Waals surface area contributed by atoms with E-state index in [1.807, 2.05) is 0 Å². The summed E-state index contributed by atoms with van der Waals surface area (Å²) in [5.41, 5.74) is 4.86. The minimum absolute atomic E-state index is 0.0748. The number of Topliss-reactive ketones (excluding diaryl/α,β-unsaturated/α-hetero) is 1. The second-order valence-electron chi connectivity index (χ2n) is 6.92. The van der Waals surface area contributed by atoms with Crippen molar-refractivity contribution in [3.63, 3.8) is 0 Å². The molecule has 0 amide bonds. The monoisotopic (exact) mass is 306 g/mol. The van der Waals surface area contributed by atoms with E-state index < -0.39 is 0 Å². The Kier molecular flexibility index (Phi) is 2.15. The maximum atomic E-state index is 13.0. The molecule has 0 saturated carbocycles. The van der Waals surface area contributed by atoms with Gasteiger partial charge < -0.3 is 0 Å². The summed E-state index contributed by atoms with van der Waals surface area (Å²) in [7, 11) is 0. The molecule has 24 heavy (non-hydrogen) atoms. The summed E-state index contributed by atoms with van der Waals surface area (Å²) in [4.78, 5) is 13.0. The third-order valence-corrected chi connectivity index (χ3v) is 5.72. The van der Waals surface area contributed by atoms with Gasteiger partial charge in [0.1, 0.15) is 0 Å². The lowest BCUT2D eigenvalue weighted by Gasteiger charge is -2.19. The molecule has 0 heterocycles. The molecule has 4 aromatic carbocycles. The fourth-order valence-corrected chi connectivity index (χ4v) is 4.67. The Morgan fingerprint density at radius 2 is 0.792 bits per heavy atom. The number of hydrogen-bond donors (Lipinski definition) is 0. The van der Waals surface area contributed by atoms with Gasteiger partial charge in [-0.2, -0.15) is 0 Å². The first-order valence-corrected chi connectivity index (χ1v) is 8.40. The van der Waals surface area contributed by atoms with Crippen LogP contribution in [0.25, 0.3) is 21.5 Å². The van der Waals surface area contributed by atoms with Crippen molar-refractivity contribution in [2.45, 2.75) is 11.8 Å². The molecule has 2 aliphatic carbocycles. The number of benzene rings is 4. The molecule has 0 aromatic heterocycles. The molecule has 112 valence electrons. The van der Waals surface area contributed by atoms with Crippen LogP contribution in [-0.4, -0.2) is 5.78 Å². The summed E-state index contributed by atoms with van der Waals surface area (Å²) in [6.45, 7) is 0. The standard InChI is InChI=1S/C23H14O/c24-23-21-17-9-13-5-1-2-6-14(13)10-18(17)22(23)20-12-16-8-4-3-7-15(16)11-19(20)21/h1-12,21-22H. The summed E-state index contributed by atoms with van der Waals surface area (Å²) < 4.78 is 0. The molecule has 0 aliphatic heterocycles. The molecule has 0 radical (unpaired) electrons. The van der Waals surface area contributed by atoms with Crippen molar-refractivity contribution in [3.05, 3.63) is 95.1 Å². The van der Waals surface area contributed by atoms with E-state index in [-0.39, 0.29) is 11.8 Å². The molecule has 0 unspecified atom stereocenters. The van der Waals surface area contributed by atoms with Gasteiger partial charge in [0, 0.05) is 0 Å². The Morgan fingerprint density at radius 3 is 1.08 bits per heavy atom. The lowest BCUT2D eigenvalue weighted by molar-refractivity contribution is -0.118. The van der Waals surface area contributed by atoms with Crippen LogP contribution in [0.1, 0.15) is 34.1 Å². The fraction of sp³-hybridized carbons (Fsp3) is 0.0870. The first kappa shape index (κ1) is 12.5. The Labute approximate surface area is 139 Å². The zero-order valence-electron chi connectivity index (χ0n) is 13.0. The average Bonchev–Trinajstić information content (AvgIpc) is 3.05. The Balaban J connectivity index is 1.68. The lowest BCUT2D eigenvalue weighted by Crippen LogP contribution is -2.03. The van der Waals surface area contributed by atoms with Gasteiger partial charge in [-0.1, -0.05) is 48.5 Å². The average molecular weight is 306 g/mol. The number of rotatable bonds is 0. The van der Waals surface area contributed by atoms with Crippen LogP contribution in [0.2, 0.25) is 0 Å².